The Bertz CT molecular complexity index is 865. The third-order valence-electron chi connectivity index (χ3n) is 2.44. The van der Waals surface area contributed by atoms with Crippen molar-refractivity contribution in [2.24, 2.45) is 0 Å². The number of nitrogens with one attached hydrogen (secondary N) is 1. The molecule has 0 aliphatic carbocycles. The second-order valence-electron chi connectivity index (χ2n) is 3.73. The van der Waals surface area contributed by atoms with Gasteiger partial charge in [-0.1, -0.05) is 0 Å². The second-order valence-corrected chi connectivity index (χ2v) is 6.86. The third-order valence-corrected chi connectivity index (χ3v) is 5.09. The Labute approximate surface area is 125 Å². The van der Waals surface area contributed by atoms with Crippen molar-refractivity contribution in [3.05, 3.63) is 35.9 Å². The quantitative estimate of drug-likeness (QED) is 0.541. The van der Waals surface area contributed by atoms with E-state index in [1.807, 2.05) is 0 Å². The first-order chi connectivity index (χ1) is 9.56. The first kappa shape index (κ1) is 13.4. The Morgan fingerprint density at radius 3 is 2.65 bits per heavy atom. The van der Waals surface area contributed by atoms with Crippen molar-refractivity contribution in [2.75, 3.05) is 4.72 Å². The maximum atomic E-state index is 12.2. The fourth-order valence-corrected chi connectivity index (χ4v) is 3.74. The van der Waals surface area contributed by atoms with Crippen molar-refractivity contribution in [3.63, 3.8) is 0 Å². The van der Waals surface area contributed by atoms with E-state index in [4.69, 9.17) is 11.6 Å². The molecule has 0 saturated carbocycles. The van der Waals surface area contributed by atoms with Crippen molar-refractivity contribution in [3.8, 4) is 0 Å². The predicted molar refractivity (Wildman–Crippen MR) is 74.3 cm³/mol. The summed E-state index contributed by atoms with van der Waals surface area (Å²) >= 11 is 5.31. The molecule has 0 saturated heterocycles. The normalized spacial score (nSPS) is 11.7. The predicted octanol–water partition coefficient (Wildman–Crippen LogP) is 0.931. The summed E-state index contributed by atoms with van der Waals surface area (Å²) in [6, 6.07) is 5.14. The zero-order valence-corrected chi connectivity index (χ0v) is 13.0. The van der Waals surface area contributed by atoms with E-state index >= 15 is 0 Å². The number of anilines is 1. The average Bonchev–Trinajstić information content (AvgIpc) is 2.88. The van der Waals surface area contributed by atoms with Gasteiger partial charge in [-0.3, -0.25) is 0 Å². The molecule has 0 radical (unpaired) electrons. The van der Waals surface area contributed by atoms with Gasteiger partial charge in [0.25, 0.3) is 0 Å². The Hall–Kier alpha value is -1.54. The van der Waals surface area contributed by atoms with Gasteiger partial charge in [0.1, 0.15) is 0 Å². The van der Waals surface area contributed by atoms with Crippen molar-refractivity contribution in [1.29, 1.82) is 0 Å². The van der Waals surface area contributed by atoms with E-state index in [1.165, 1.54) is 0 Å². The molecule has 0 spiro atoms. The summed E-state index contributed by atoms with van der Waals surface area (Å²) in [5.74, 6) is 0. The van der Waals surface area contributed by atoms with Gasteiger partial charge in [0.2, 0.25) is 0 Å². The molecular formula is C10H6ClN5O2SSe. The maximum absolute atomic E-state index is 12.2. The van der Waals surface area contributed by atoms with Gasteiger partial charge in [-0.15, -0.1) is 0 Å². The molecule has 102 valence electrons. The molecule has 0 aliphatic rings. The van der Waals surface area contributed by atoms with Crippen molar-refractivity contribution in [1.82, 2.24) is 17.9 Å². The molecule has 2 aromatic heterocycles. The average molecular weight is 375 g/mol. The van der Waals surface area contributed by atoms with Crippen molar-refractivity contribution >= 4 is 53.3 Å². The Kier molecular flexibility index (Phi) is 3.43. The monoisotopic (exact) mass is 375 g/mol. The Morgan fingerprint density at radius 2 is 1.90 bits per heavy atom. The van der Waals surface area contributed by atoms with Crippen LogP contribution in [0.1, 0.15) is 0 Å². The first-order valence-electron chi connectivity index (χ1n) is 5.28. The number of halogens is 1. The minimum absolute atomic E-state index is 0.0129. The molecular weight excluding hydrogens is 369 g/mol. The van der Waals surface area contributed by atoms with E-state index in [2.05, 4.69) is 22.6 Å². The summed E-state index contributed by atoms with van der Waals surface area (Å²) < 4.78 is 35.3. The number of benzene rings is 1. The topological polar surface area (TPSA) is 97.7 Å². The molecule has 0 fully saturated rings. The van der Waals surface area contributed by atoms with Gasteiger partial charge in [0.05, 0.1) is 0 Å². The summed E-state index contributed by atoms with van der Waals surface area (Å²) in [5, 5.41) is -0.0129. The Morgan fingerprint density at radius 1 is 1.15 bits per heavy atom. The molecule has 0 aliphatic heterocycles. The zero-order chi connectivity index (χ0) is 14.2. The number of hydrogen-bond donors (Lipinski definition) is 1. The van der Waals surface area contributed by atoms with Crippen LogP contribution in [0.5, 0.6) is 0 Å². The molecule has 0 bridgehead atoms. The molecule has 7 nitrogen and oxygen atoms in total. The van der Waals surface area contributed by atoms with Crippen LogP contribution in [0, 0.1) is 0 Å². The first-order valence-corrected chi connectivity index (χ1v) is 8.67. The second kappa shape index (κ2) is 5.10. The van der Waals surface area contributed by atoms with Crippen LogP contribution >= 0.6 is 11.6 Å². The summed E-state index contributed by atoms with van der Waals surface area (Å²) in [4.78, 5) is 7.24. The third kappa shape index (κ3) is 2.53. The number of sulfonamides is 1. The van der Waals surface area contributed by atoms with Crippen molar-refractivity contribution in [2.45, 2.75) is 4.90 Å². The van der Waals surface area contributed by atoms with E-state index in [0.29, 0.717) is 16.7 Å². The van der Waals surface area contributed by atoms with E-state index in [9.17, 15) is 8.42 Å². The zero-order valence-electron chi connectivity index (χ0n) is 9.69. The van der Waals surface area contributed by atoms with Gasteiger partial charge >= 0.3 is 125 Å². The van der Waals surface area contributed by atoms with Gasteiger partial charge in [-0.25, -0.2) is 0 Å². The van der Waals surface area contributed by atoms with Crippen LogP contribution in [0.15, 0.2) is 35.5 Å². The van der Waals surface area contributed by atoms with E-state index < -0.39 is 10.0 Å². The molecule has 1 N–H and O–H groups in total. The molecule has 0 amide bonds. The molecule has 3 aromatic rings. The molecule has 2 heterocycles. The molecule has 1 aromatic carbocycles. The summed E-state index contributed by atoms with van der Waals surface area (Å²) in [5.41, 5.74) is 1.64. The summed E-state index contributed by atoms with van der Waals surface area (Å²) in [7, 11) is -3.78. The van der Waals surface area contributed by atoms with Gasteiger partial charge in [0.15, 0.2) is 0 Å². The van der Waals surface area contributed by atoms with Gasteiger partial charge in [-0.2, -0.15) is 0 Å². The van der Waals surface area contributed by atoms with Crippen molar-refractivity contribution < 1.29 is 8.42 Å². The van der Waals surface area contributed by atoms with E-state index in [0.717, 1.165) is 12.4 Å². The number of fused-ring (bicyclic) bond motifs is 1. The van der Waals surface area contributed by atoms with Crippen LogP contribution in [-0.4, -0.2) is 41.3 Å². The number of hydrogen-bond acceptors (Lipinski definition) is 6. The summed E-state index contributed by atoms with van der Waals surface area (Å²) in [6.07, 6.45) is 2.29. The molecule has 10 heteroatoms. The molecule has 0 unspecified atom stereocenters. The van der Waals surface area contributed by atoms with Gasteiger partial charge < -0.3 is 0 Å². The Balaban J connectivity index is 2.01. The van der Waals surface area contributed by atoms with E-state index in [-0.39, 0.29) is 25.1 Å². The van der Waals surface area contributed by atoms with Crippen LogP contribution in [0.2, 0.25) is 5.28 Å². The summed E-state index contributed by atoms with van der Waals surface area (Å²) in [6.45, 7) is 0. The van der Waals surface area contributed by atoms with Crippen LogP contribution < -0.4 is 4.72 Å². The van der Waals surface area contributed by atoms with E-state index in [1.54, 1.807) is 18.2 Å². The van der Waals surface area contributed by atoms with Crippen LogP contribution in [0.4, 0.5) is 5.69 Å². The van der Waals surface area contributed by atoms with Crippen LogP contribution in [-0.2, 0) is 10.0 Å². The van der Waals surface area contributed by atoms with Gasteiger partial charge in [0, 0.05) is 0 Å². The molecule has 0 atom stereocenters. The number of rotatable bonds is 3. The van der Waals surface area contributed by atoms with Crippen LogP contribution in [0.25, 0.3) is 11.0 Å². The van der Waals surface area contributed by atoms with Crippen LogP contribution in [0.3, 0.4) is 0 Å². The van der Waals surface area contributed by atoms with Gasteiger partial charge in [-0.05, 0) is 0 Å². The molecule has 20 heavy (non-hydrogen) atoms. The number of nitrogens with zero attached hydrogens (tertiary/aromatic N) is 4. The SMILES string of the molecule is O=S(=O)(Nc1cccc2n[se]nc12)c1cnc(Cl)nc1. The minimum atomic E-state index is -3.78. The fourth-order valence-electron chi connectivity index (χ4n) is 1.53. The molecule has 3 rings (SSSR count). The number of aromatic nitrogens is 4. The fraction of sp³-hybridized carbons (Fsp3) is 0. The standard InChI is InChI=1S/C10H6ClN5O2SSe/c11-10-12-4-6(5-13-10)19(17,18)14-7-2-1-3-8-9(7)16-20-15-8/h1-5,14H.